The molecule has 1 heterocycles. The normalized spacial score (nSPS) is 28.6. The van der Waals surface area contributed by atoms with Crippen LogP contribution in [-0.4, -0.2) is 65.5 Å². The average molecular weight is 266 g/mol. The van der Waals surface area contributed by atoms with Gasteiger partial charge >= 0.3 is 5.97 Å². The molecule has 7 heteroatoms. The molecule has 0 spiro atoms. The highest BCUT2D eigenvalue weighted by Gasteiger charge is 2.46. The van der Waals surface area contributed by atoms with Gasteiger partial charge in [0.05, 0.1) is 25.2 Å². The second-order valence-electron chi connectivity index (χ2n) is 4.21. The molecule has 0 saturated carbocycles. The van der Waals surface area contributed by atoms with Crippen molar-refractivity contribution in [2.45, 2.75) is 12.2 Å². The van der Waals surface area contributed by atoms with Gasteiger partial charge in [-0.3, -0.25) is 0 Å². The molecule has 1 aliphatic heterocycles. The van der Waals surface area contributed by atoms with Crippen molar-refractivity contribution in [3.05, 3.63) is 0 Å². The standard InChI is InChI=1S/C10H18O6S/c1-17-3-2-10(14)8(13)15-6-9(4-11,5-12)7-16-10/h11-12,14H,2-7H2,1H3. The third-order valence-electron chi connectivity index (χ3n) is 2.76. The SMILES string of the molecule is CSCCC1(O)OCC(CO)(CO)COC1=O. The van der Waals surface area contributed by atoms with Gasteiger partial charge in [0.2, 0.25) is 0 Å². The van der Waals surface area contributed by atoms with Gasteiger partial charge in [0.25, 0.3) is 5.79 Å². The van der Waals surface area contributed by atoms with E-state index in [1.807, 2.05) is 6.26 Å². The lowest BCUT2D eigenvalue weighted by molar-refractivity contribution is -0.223. The van der Waals surface area contributed by atoms with Crippen LogP contribution in [0.15, 0.2) is 0 Å². The van der Waals surface area contributed by atoms with Gasteiger partial charge in [0.1, 0.15) is 6.61 Å². The molecule has 100 valence electrons. The number of aliphatic hydroxyl groups excluding tert-OH is 2. The predicted molar refractivity (Wildman–Crippen MR) is 61.5 cm³/mol. The maximum Gasteiger partial charge on any atom is 0.366 e. The molecule has 0 aromatic carbocycles. The Hall–Kier alpha value is -0.340. The average Bonchev–Trinajstić information content (AvgIpc) is 2.48. The number of hydrogen-bond acceptors (Lipinski definition) is 7. The number of carbonyl (C=O) groups is 1. The van der Waals surface area contributed by atoms with Crippen molar-refractivity contribution in [1.29, 1.82) is 0 Å². The lowest BCUT2D eigenvalue weighted by Gasteiger charge is -2.27. The van der Waals surface area contributed by atoms with E-state index in [-0.39, 0.29) is 32.8 Å². The molecule has 1 atom stereocenters. The molecule has 0 radical (unpaired) electrons. The van der Waals surface area contributed by atoms with Crippen molar-refractivity contribution in [3.63, 3.8) is 0 Å². The minimum absolute atomic E-state index is 0.111. The van der Waals surface area contributed by atoms with Gasteiger partial charge in [-0.15, -0.1) is 0 Å². The number of rotatable bonds is 5. The van der Waals surface area contributed by atoms with E-state index < -0.39 is 17.2 Å². The Balaban J connectivity index is 2.75. The summed E-state index contributed by atoms with van der Waals surface area (Å²) in [4.78, 5) is 11.6. The first kappa shape index (κ1) is 14.7. The number of aliphatic hydroxyl groups is 3. The zero-order chi connectivity index (χ0) is 12.9. The van der Waals surface area contributed by atoms with Crippen molar-refractivity contribution in [2.75, 3.05) is 38.4 Å². The molecular weight excluding hydrogens is 248 g/mol. The highest BCUT2D eigenvalue weighted by molar-refractivity contribution is 7.98. The van der Waals surface area contributed by atoms with Gasteiger partial charge in [-0.05, 0) is 12.0 Å². The first-order chi connectivity index (χ1) is 8.02. The Labute approximate surface area is 104 Å². The third-order valence-corrected chi connectivity index (χ3v) is 3.37. The van der Waals surface area contributed by atoms with Crippen LogP contribution in [0.2, 0.25) is 0 Å². The number of thioether (sulfide) groups is 1. The third kappa shape index (κ3) is 3.32. The molecule has 1 fully saturated rings. The maximum absolute atomic E-state index is 11.6. The van der Waals surface area contributed by atoms with Gasteiger partial charge in [0, 0.05) is 6.42 Å². The van der Waals surface area contributed by atoms with Gasteiger partial charge in [-0.2, -0.15) is 11.8 Å². The summed E-state index contributed by atoms with van der Waals surface area (Å²) < 4.78 is 10.0. The number of carbonyl (C=O) groups excluding carboxylic acids is 1. The predicted octanol–water partition coefficient (Wildman–Crippen LogP) is -1.03. The highest BCUT2D eigenvalue weighted by atomic mass is 32.2. The van der Waals surface area contributed by atoms with E-state index in [9.17, 15) is 20.1 Å². The fourth-order valence-corrected chi connectivity index (χ4v) is 1.83. The fraction of sp³-hybridized carbons (Fsp3) is 0.900. The zero-order valence-electron chi connectivity index (χ0n) is 9.72. The van der Waals surface area contributed by atoms with Crippen LogP contribution in [0.3, 0.4) is 0 Å². The number of ether oxygens (including phenoxy) is 2. The molecule has 3 N–H and O–H groups in total. The quantitative estimate of drug-likeness (QED) is 0.548. The van der Waals surface area contributed by atoms with Crippen LogP contribution in [-0.2, 0) is 14.3 Å². The number of hydrogen-bond donors (Lipinski definition) is 3. The molecule has 1 rings (SSSR count). The maximum atomic E-state index is 11.6. The molecule has 6 nitrogen and oxygen atoms in total. The van der Waals surface area contributed by atoms with Crippen LogP contribution in [0.4, 0.5) is 0 Å². The van der Waals surface area contributed by atoms with Crippen LogP contribution in [0.25, 0.3) is 0 Å². The van der Waals surface area contributed by atoms with Crippen LogP contribution in [0.1, 0.15) is 6.42 Å². The Bertz CT molecular complexity index is 268. The first-order valence-electron chi connectivity index (χ1n) is 5.26. The van der Waals surface area contributed by atoms with E-state index in [1.165, 1.54) is 11.8 Å². The summed E-state index contributed by atoms with van der Waals surface area (Å²) in [5, 5.41) is 28.4. The largest absolute Gasteiger partial charge is 0.461 e. The number of cyclic esters (lactones) is 1. The summed E-state index contributed by atoms with van der Waals surface area (Å²) in [7, 11) is 0. The fourth-order valence-electron chi connectivity index (χ4n) is 1.35. The van der Waals surface area contributed by atoms with E-state index in [0.717, 1.165) is 0 Å². The van der Waals surface area contributed by atoms with Crippen molar-refractivity contribution < 1.29 is 29.6 Å². The van der Waals surface area contributed by atoms with Gasteiger partial charge in [-0.25, -0.2) is 4.79 Å². The van der Waals surface area contributed by atoms with Crippen molar-refractivity contribution in [1.82, 2.24) is 0 Å². The first-order valence-corrected chi connectivity index (χ1v) is 6.65. The lowest BCUT2D eigenvalue weighted by Crippen LogP contribution is -2.43. The highest BCUT2D eigenvalue weighted by Crippen LogP contribution is 2.28. The molecule has 0 amide bonds. The van der Waals surface area contributed by atoms with Gasteiger partial charge in [0.15, 0.2) is 0 Å². The molecule has 17 heavy (non-hydrogen) atoms. The second-order valence-corrected chi connectivity index (χ2v) is 5.19. The second kappa shape index (κ2) is 6.01. The van der Waals surface area contributed by atoms with Crippen molar-refractivity contribution in [3.8, 4) is 0 Å². The summed E-state index contributed by atoms with van der Waals surface area (Å²) in [6.07, 6.45) is 1.96. The molecule has 0 aliphatic carbocycles. The van der Waals surface area contributed by atoms with Crippen LogP contribution < -0.4 is 0 Å². The molecule has 1 aliphatic rings. The summed E-state index contributed by atoms with van der Waals surface area (Å²) >= 11 is 1.47. The van der Waals surface area contributed by atoms with E-state index in [4.69, 9.17) is 9.47 Å². The van der Waals surface area contributed by atoms with Crippen molar-refractivity contribution in [2.24, 2.45) is 5.41 Å². The van der Waals surface area contributed by atoms with Gasteiger partial charge < -0.3 is 24.8 Å². The molecular formula is C10H18O6S. The minimum Gasteiger partial charge on any atom is -0.461 e. The summed E-state index contributed by atoms with van der Waals surface area (Å²) in [6, 6.07) is 0. The molecule has 0 aromatic heterocycles. The zero-order valence-corrected chi connectivity index (χ0v) is 10.5. The minimum atomic E-state index is -1.98. The smallest absolute Gasteiger partial charge is 0.366 e. The van der Waals surface area contributed by atoms with Crippen LogP contribution >= 0.6 is 11.8 Å². The van der Waals surface area contributed by atoms with E-state index in [0.29, 0.717) is 5.75 Å². The monoisotopic (exact) mass is 266 g/mol. The molecule has 0 bridgehead atoms. The summed E-state index contributed by atoms with van der Waals surface area (Å²) in [5.74, 6) is -2.30. The Morgan fingerprint density at radius 3 is 2.53 bits per heavy atom. The van der Waals surface area contributed by atoms with Crippen molar-refractivity contribution >= 4 is 17.7 Å². The molecule has 0 aromatic rings. The summed E-state index contributed by atoms with van der Waals surface area (Å²) in [6.45, 7) is -1.05. The van der Waals surface area contributed by atoms with E-state index >= 15 is 0 Å². The Kier molecular flexibility index (Phi) is 5.21. The van der Waals surface area contributed by atoms with Crippen LogP contribution in [0, 0.1) is 5.41 Å². The van der Waals surface area contributed by atoms with E-state index in [2.05, 4.69) is 0 Å². The number of esters is 1. The lowest BCUT2D eigenvalue weighted by atomic mass is 9.93. The summed E-state index contributed by atoms with van der Waals surface area (Å²) in [5.41, 5.74) is -1.04. The van der Waals surface area contributed by atoms with Gasteiger partial charge in [-0.1, -0.05) is 0 Å². The molecule has 1 unspecified atom stereocenters. The topological polar surface area (TPSA) is 96.2 Å². The molecule has 1 saturated heterocycles. The van der Waals surface area contributed by atoms with Crippen LogP contribution in [0.5, 0.6) is 0 Å². The Morgan fingerprint density at radius 2 is 2.00 bits per heavy atom. The van der Waals surface area contributed by atoms with E-state index in [1.54, 1.807) is 0 Å². The Morgan fingerprint density at radius 1 is 1.35 bits per heavy atom.